The Bertz CT molecular complexity index is 686. The SMILES string of the molecule is N[C@@H](CCC(=O)NCCOCCOCC(=O)NCCOCCOCC(=O)NCCNC(=O)CBr)C(=O)O. The summed E-state index contributed by atoms with van der Waals surface area (Å²) in [5.74, 6) is -2.22. The standard InChI is InChI=1S/C21H38BrN5O10/c22-13-18(29)24-3-4-25-19(30)14-36-11-10-35-8-6-27-20(31)15-37-12-9-34-7-5-26-17(28)2-1-16(23)21(32)33/h16H,1-15,23H2,(H,24,29)(H,25,30)(H,26,28)(H,27,31)(H,32,33)/t16-/m0/s1. The number of hydrogen-bond donors (Lipinski definition) is 6. The molecule has 0 bridgehead atoms. The van der Waals surface area contributed by atoms with Crippen LogP contribution in [0.1, 0.15) is 12.8 Å². The molecule has 0 saturated carbocycles. The number of nitrogens with two attached hydrogens (primary N) is 1. The Morgan fingerprint density at radius 2 is 1.08 bits per heavy atom. The highest BCUT2D eigenvalue weighted by molar-refractivity contribution is 9.09. The fourth-order valence-corrected chi connectivity index (χ4v) is 2.54. The van der Waals surface area contributed by atoms with Crippen LogP contribution >= 0.6 is 15.9 Å². The zero-order valence-electron chi connectivity index (χ0n) is 20.8. The third-order valence-electron chi connectivity index (χ3n) is 4.24. The van der Waals surface area contributed by atoms with Crippen LogP contribution in [-0.4, -0.2) is 125 Å². The number of ether oxygens (including phenoxy) is 4. The summed E-state index contributed by atoms with van der Waals surface area (Å²) in [6.07, 6.45) is 0.0761. The van der Waals surface area contributed by atoms with E-state index in [1.807, 2.05) is 0 Å². The van der Waals surface area contributed by atoms with Crippen LogP contribution in [0.2, 0.25) is 0 Å². The molecule has 0 aromatic carbocycles. The molecule has 0 heterocycles. The lowest BCUT2D eigenvalue weighted by atomic mass is 10.1. The number of aliphatic carboxylic acids is 1. The van der Waals surface area contributed by atoms with Gasteiger partial charge in [0, 0.05) is 32.6 Å². The first-order valence-corrected chi connectivity index (χ1v) is 12.8. The maximum atomic E-state index is 11.7. The molecule has 16 heteroatoms. The van der Waals surface area contributed by atoms with Crippen molar-refractivity contribution in [3.63, 3.8) is 0 Å². The van der Waals surface area contributed by atoms with Gasteiger partial charge >= 0.3 is 5.97 Å². The predicted octanol–water partition coefficient (Wildman–Crippen LogP) is -2.90. The lowest BCUT2D eigenvalue weighted by Crippen LogP contribution is -2.36. The van der Waals surface area contributed by atoms with Crippen LogP contribution in [0.3, 0.4) is 0 Å². The number of hydrogen-bond acceptors (Lipinski definition) is 10. The first-order valence-electron chi connectivity index (χ1n) is 11.7. The normalized spacial score (nSPS) is 11.4. The van der Waals surface area contributed by atoms with Gasteiger partial charge in [0.1, 0.15) is 19.3 Å². The zero-order chi connectivity index (χ0) is 27.7. The van der Waals surface area contributed by atoms with Gasteiger partial charge < -0.3 is 51.1 Å². The second-order valence-corrected chi connectivity index (χ2v) is 7.91. The van der Waals surface area contributed by atoms with Crippen molar-refractivity contribution in [3.05, 3.63) is 0 Å². The van der Waals surface area contributed by atoms with Gasteiger partial charge in [-0.05, 0) is 6.42 Å². The highest BCUT2D eigenvalue weighted by Crippen LogP contribution is 1.94. The Kier molecular flexibility index (Phi) is 22.5. The van der Waals surface area contributed by atoms with E-state index in [0.29, 0.717) is 13.1 Å². The number of amides is 4. The van der Waals surface area contributed by atoms with E-state index in [0.717, 1.165) is 0 Å². The molecule has 0 spiro atoms. The van der Waals surface area contributed by atoms with Gasteiger partial charge in [0.2, 0.25) is 23.6 Å². The predicted molar refractivity (Wildman–Crippen MR) is 134 cm³/mol. The fraction of sp³-hybridized carbons (Fsp3) is 0.762. The highest BCUT2D eigenvalue weighted by atomic mass is 79.9. The Balaban J connectivity index is 3.40. The molecule has 37 heavy (non-hydrogen) atoms. The molecule has 0 rings (SSSR count). The first kappa shape index (κ1) is 34.6. The van der Waals surface area contributed by atoms with Crippen molar-refractivity contribution >= 4 is 45.5 Å². The summed E-state index contributed by atoms with van der Waals surface area (Å²) in [5.41, 5.74) is 5.32. The molecule has 0 aliphatic rings. The molecule has 0 fully saturated rings. The Labute approximate surface area is 224 Å². The van der Waals surface area contributed by atoms with E-state index < -0.39 is 12.0 Å². The molecular formula is C21H38BrN5O10. The van der Waals surface area contributed by atoms with Gasteiger partial charge in [-0.2, -0.15) is 0 Å². The summed E-state index contributed by atoms with van der Waals surface area (Å²) in [6.45, 7) is 2.36. The van der Waals surface area contributed by atoms with Crippen molar-refractivity contribution < 1.29 is 48.0 Å². The molecule has 0 aliphatic carbocycles. The Morgan fingerprint density at radius 3 is 1.57 bits per heavy atom. The van der Waals surface area contributed by atoms with Gasteiger partial charge in [0.05, 0.1) is 45.0 Å². The summed E-state index contributed by atoms with van der Waals surface area (Å²) in [5, 5.41) is 19.3. The van der Waals surface area contributed by atoms with E-state index in [2.05, 4.69) is 37.2 Å². The number of rotatable bonds is 24. The number of alkyl halides is 1. The molecule has 0 aromatic rings. The Morgan fingerprint density at radius 1 is 0.649 bits per heavy atom. The van der Waals surface area contributed by atoms with Crippen molar-refractivity contribution in [2.24, 2.45) is 5.73 Å². The number of carboxylic acid groups (broad SMARTS) is 1. The van der Waals surface area contributed by atoms with E-state index >= 15 is 0 Å². The van der Waals surface area contributed by atoms with Crippen LogP contribution in [0.25, 0.3) is 0 Å². The van der Waals surface area contributed by atoms with Crippen LogP contribution < -0.4 is 27.0 Å². The average molecular weight is 600 g/mol. The van der Waals surface area contributed by atoms with Crippen molar-refractivity contribution in [3.8, 4) is 0 Å². The third-order valence-corrected chi connectivity index (χ3v) is 4.75. The maximum absolute atomic E-state index is 11.7. The molecule has 0 radical (unpaired) electrons. The topological polar surface area (TPSA) is 217 Å². The Hall–Kier alpha value is -2.37. The minimum absolute atomic E-state index is 0.0191. The molecule has 15 nitrogen and oxygen atoms in total. The van der Waals surface area contributed by atoms with E-state index in [-0.39, 0.29) is 108 Å². The monoisotopic (exact) mass is 599 g/mol. The zero-order valence-corrected chi connectivity index (χ0v) is 22.3. The molecular weight excluding hydrogens is 562 g/mol. The molecule has 214 valence electrons. The maximum Gasteiger partial charge on any atom is 0.320 e. The number of carbonyl (C=O) groups excluding carboxylic acids is 4. The van der Waals surface area contributed by atoms with Gasteiger partial charge in [0.15, 0.2) is 0 Å². The molecule has 0 aromatic heterocycles. The van der Waals surface area contributed by atoms with Gasteiger partial charge in [-0.1, -0.05) is 15.9 Å². The van der Waals surface area contributed by atoms with Crippen LogP contribution in [0.4, 0.5) is 0 Å². The summed E-state index contributed by atoms with van der Waals surface area (Å²) >= 11 is 3.02. The average Bonchev–Trinajstić information content (AvgIpc) is 2.87. The van der Waals surface area contributed by atoms with Gasteiger partial charge in [0.25, 0.3) is 0 Å². The lowest BCUT2D eigenvalue weighted by molar-refractivity contribution is -0.138. The van der Waals surface area contributed by atoms with Crippen LogP contribution in [0.5, 0.6) is 0 Å². The molecule has 4 amide bonds. The molecule has 0 aliphatic heterocycles. The van der Waals surface area contributed by atoms with E-state index in [9.17, 15) is 24.0 Å². The summed E-state index contributed by atoms with van der Waals surface area (Å²) < 4.78 is 20.9. The van der Waals surface area contributed by atoms with Crippen molar-refractivity contribution in [1.29, 1.82) is 0 Å². The number of carboxylic acids is 1. The van der Waals surface area contributed by atoms with Crippen molar-refractivity contribution in [1.82, 2.24) is 21.3 Å². The van der Waals surface area contributed by atoms with Crippen LogP contribution in [0, 0.1) is 0 Å². The summed E-state index contributed by atoms with van der Waals surface area (Å²) in [7, 11) is 0. The quantitative estimate of drug-likeness (QED) is 0.0488. The van der Waals surface area contributed by atoms with Crippen molar-refractivity contribution in [2.75, 3.05) is 84.4 Å². The van der Waals surface area contributed by atoms with E-state index in [1.54, 1.807) is 0 Å². The number of nitrogens with one attached hydrogen (secondary N) is 4. The highest BCUT2D eigenvalue weighted by Gasteiger charge is 2.13. The number of halogens is 1. The van der Waals surface area contributed by atoms with E-state index in [1.165, 1.54) is 0 Å². The van der Waals surface area contributed by atoms with Crippen LogP contribution in [0.15, 0.2) is 0 Å². The van der Waals surface area contributed by atoms with Gasteiger partial charge in [-0.25, -0.2) is 0 Å². The van der Waals surface area contributed by atoms with Crippen LogP contribution in [-0.2, 0) is 42.9 Å². The second kappa shape index (κ2) is 24.0. The lowest BCUT2D eigenvalue weighted by Gasteiger charge is -2.09. The molecule has 7 N–H and O–H groups in total. The molecule has 0 saturated heterocycles. The van der Waals surface area contributed by atoms with Gasteiger partial charge in [-0.15, -0.1) is 0 Å². The fourth-order valence-electron chi connectivity index (χ4n) is 2.35. The third kappa shape index (κ3) is 23.8. The molecule has 1 atom stereocenters. The second-order valence-electron chi connectivity index (χ2n) is 7.35. The minimum atomic E-state index is -1.15. The summed E-state index contributed by atoms with van der Waals surface area (Å²) in [6, 6.07) is -1.06. The van der Waals surface area contributed by atoms with E-state index in [4.69, 9.17) is 29.8 Å². The minimum Gasteiger partial charge on any atom is -0.480 e. The first-order chi connectivity index (χ1) is 17.8. The largest absolute Gasteiger partial charge is 0.480 e. The number of carbonyl (C=O) groups is 5. The van der Waals surface area contributed by atoms with Crippen molar-refractivity contribution in [2.45, 2.75) is 18.9 Å². The smallest absolute Gasteiger partial charge is 0.320 e. The summed E-state index contributed by atoms with van der Waals surface area (Å²) in [4.78, 5) is 56.3. The molecule has 0 unspecified atom stereocenters. The van der Waals surface area contributed by atoms with Gasteiger partial charge in [-0.3, -0.25) is 24.0 Å².